The van der Waals surface area contributed by atoms with Crippen molar-refractivity contribution in [1.82, 2.24) is 4.90 Å². The van der Waals surface area contributed by atoms with Crippen molar-refractivity contribution in [3.05, 3.63) is 0 Å². The van der Waals surface area contributed by atoms with Crippen molar-refractivity contribution in [2.75, 3.05) is 13.1 Å². The summed E-state index contributed by atoms with van der Waals surface area (Å²) >= 11 is -0.294. The third kappa shape index (κ3) is 5.86. The van der Waals surface area contributed by atoms with Gasteiger partial charge >= 0.3 is 31.4 Å². The number of halogens is 9. The van der Waals surface area contributed by atoms with Gasteiger partial charge in [0, 0.05) is 41.6 Å². The van der Waals surface area contributed by atoms with E-state index < -0.39 is 43.2 Å². The van der Waals surface area contributed by atoms with Crippen LogP contribution in [0.2, 0.25) is 0 Å². The van der Waals surface area contributed by atoms with Gasteiger partial charge in [0.2, 0.25) is 0 Å². The summed E-state index contributed by atoms with van der Waals surface area (Å²) in [7, 11) is -6.49. The highest BCUT2D eigenvalue weighted by Gasteiger charge is 2.74. The summed E-state index contributed by atoms with van der Waals surface area (Å²) in [4.78, 5) is 1.27. The molecule has 1 saturated carbocycles. The van der Waals surface area contributed by atoms with E-state index in [-0.39, 0.29) is 35.7 Å². The van der Waals surface area contributed by atoms with Crippen LogP contribution in [0.1, 0.15) is 46.0 Å². The molecule has 0 N–H and O–H groups in total. The van der Waals surface area contributed by atoms with Gasteiger partial charge in [-0.15, -0.1) is 4.40 Å². The Hall–Kier alpha value is -0.450. The molecule has 0 atom stereocenters. The van der Waals surface area contributed by atoms with Crippen molar-refractivity contribution in [3.63, 3.8) is 0 Å². The molecule has 0 bridgehead atoms. The molecule has 0 aromatic rings. The zero-order valence-electron chi connectivity index (χ0n) is 16.0. The number of amidine groups is 1. The van der Waals surface area contributed by atoms with Gasteiger partial charge in [0.25, 0.3) is 0 Å². The molecule has 5 nitrogen and oxygen atoms in total. The zero-order valence-corrected chi connectivity index (χ0v) is 18.9. The van der Waals surface area contributed by atoms with E-state index in [0.29, 0.717) is 25.7 Å². The van der Waals surface area contributed by atoms with Crippen LogP contribution in [0, 0.1) is 5.92 Å². The van der Waals surface area contributed by atoms with Crippen LogP contribution in [-0.4, -0.2) is 53.6 Å². The maximum Gasteiger partial charge on any atom is 0.455 e. The van der Waals surface area contributed by atoms with Gasteiger partial charge in [-0.25, -0.2) is 4.74 Å². The highest BCUT2D eigenvalue weighted by molar-refractivity contribution is 14.1. The molecule has 30 heavy (non-hydrogen) atoms. The lowest BCUT2D eigenvalue weighted by molar-refractivity contribution is -0.438. The number of ether oxygens (including phenoxy) is 1. The Morgan fingerprint density at radius 2 is 1.43 bits per heavy atom. The number of hydrogen-bond acceptors (Lipinski definition) is 3. The van der Waals surface area contributed by atoms with Gasteiger partial charge < -0.3 is 4.90 Å². The summed E-state index contributed by atoms with van der Waals surface area (Å²) in [6.07, 6.45) is -9.80. The van der Waals surface area contributed by atoms with Crippen LogP contribution in [0.4, 0.5) is 35.1 Å². The van der Waals surface area contributed by atoms with Gasteiger partial charge in [0.05, 0.1) is 0 Å². The lowest BCUT2D eigenvalue weighted by Crippen LogP contribution is -2.54. The molecular weight excluding hydrogens is 567 g/mol. The Balaban J connectivity index is 3.41. The minimum atomic E-state index is -6.49. The molecule has 0 saturated heterocycles. The van der Waals surface area contributed by atoms with Gasteiger partial charge in [-0.05, 0) is 26.7 Å². The van der Waals surface area contributed by atoms with E-state index in [1.807, 2.05) is 0 Å². The Morgan fingerprint density at radius 1 is 0.967 bits per heavy atom. The van der Waals surface area contributed by atoms with Crippen LogP contribution in [0.25, 0.3) is 0 Å². The first kappa shape index (κ1) is 27.6. The second-order valence-corrected chi connectivity index (χ2v) is 9.58. The van der Waals surface area contributed by atoms with Crippen LogP contribution in [0.5, 0.6) is 0 Å². The van der Waals surface area contributed by atoms with Crippen molar-refractivity contribution in [2.45, 2.75) is 67.4 Å². The van der Waals surface area contributed by atoms with E-state index in [1.165, 1.54) is 4.90 Å². The third-order valence-corrected chi connectivity index (χ3v) is 6.46. The van der Waals surface area contributed by atoms with E-state index in [4.69, 9.17) is 0 Å². The predicted octanol–water partition coefficient (Wildman–Crippen LogP) is 5.46. The molecule has 15 heteroatoms. The largest absolute Gasteiger partial charge is 0.455 e. The quantitative estimate of drug-likeness (QED) is 0.118. The first-order chi connectivity index (χ1) is 13.4. The average molecular weight is 588 g/mol. The molecule has 0 aromatic carbocycles. The Kier molecular flexibility index (Phi) is 8.81. The molecule has 0 spiro atoms. The number of alkyl halides is 9. The zero-order chi connectivity index (χ0) is 23.6. The third-order valence-electron chi connectivity index (χ3n) is 4.52. The molecule has 0 amide bonds. The monoisotopic (exact) mass is 588 g/mol. The maximum atomic E-state index is 14.1. The van der Waals surface area contributed by atoms with Crippen LogP contribution < -0.4 is 0 Å². The Bertz CT molecular complexity index is 718. The van der Waals surface area contributed by atoms with Crippen molar-refractivity contribution in [2.24, 2.45) is 10.3 Å². The standard InChI is InChI=1S/C15H21F8IN2O3S/c1-3-26(4-2)11(10-8-6-5-7-9-10)25-30(27,28)15(22,23)14(20,21)29-13(18,19)12(16,17)24/h10H,3-9H2,1-2H3/b25-11-. The second-order valence-electron chi connectivity index (χ2n) is 6.58. The van der Waals surface area contributed by atoms with Gasteiger partial charge in [0.15, 0.2) is 0 Å². The van der Waals surface area contributed by atoms with Crippen molar-refractivity contribution in [1.29, 1.82) is 0 Å². The molecule has 1 aliphatic carbocycles. The minimum absolute atomic E-state index is 0.110. The molecule has 0 unspecified atom stereocenters. The first-order valence-electron chi connectivity index (χ1n) is 8.93. The van der Waals surface area contributed by atoms with E-state index >= 15 is 0 Å². The SMILES string of the molecule is CCN(CC)/C(=N\S(=O)(=O)C(F)(F)C(F)(F)OC(F)(F)C(F)(F)I)C1CCCCC1. The molecule has 0 radical (unpaired) electrons. The van der Waals surface area contributed by atoms with E-state index in [9.17, 15) is 43.5 Å². The minimum Gasteiger partial charge on any atom is -0.360 e. The van der Waals surface area contributed by atoms with E-state index in [0.717, 1.165) is 6.42 Å². The fourth-order valence-electron chi connectivity index (χ4n) is 2.91. The Morgan fingerprint density at radius 3 is 1.83 bits per heavy atom. The van der Waals surface area contributed by atoms with Crippen LogP contribution in [0.15, 0.2) is 4.40 Å². The summed E-state index contributed by atoms with van der Waals surface area (Å²) in [5.74, 6) is -1.03. The highest BCUT2D eigenvalue weighted by Crippen LogP contribution is 2.49. The fraction of sp³-hybridized carbons (Fsp3) is 0.933. The lowest BCUT2D eigenvalue weighted by atomic mass is 9.88. The molecule has 1 fully saturated rings. The summed E-state index contributed by atoms with van der Waals surface area (Å²) in [6, 6.07) is 0. The fourth-order valence-corrected chi connectivity index (χ4v) is 3.99. The summed E-state index contributed by atoms with van der Waals surface area (Å²) in [6.45, 7) is 3.32. The molecule has 0 aliphatic heterocycles. The van der Waals surface area contributed by atoms with E-state index in [1.54, 1.807) is 13.8 Å². The van der Waals surface area contributed by atoms with Crippen LogP contribution in [-0.2, 0) is 14.8 Å². The predicted molar refractivity (Wildman–Crippen MR) is 101 cm³/mol. The van der Waals surface area contributed by atoms with Gasteiger partial charge in [-0.2, -0.15) is 43.5 Å². The van der Waals surface area contributed by atoms with Gasteiger partial charge in [0.1, 0.15) is 5.84 Å². The smallest absolute Gasteiger partial charge is 0.360 e. The number of nitrogens with zero attached hydrogens (tertiary/aromatic N) is 2. The molecule has 178 valence electrons. The van der Waals surface area contributed by atoms with Crippen LogP contribution in [0.3, 0.4) is 0 Å². The summed E-state index contributed by atoms with van der Waals surface area (Å²) in [5.41, 5.74) is 0. The van der Waals surface area contributed by atoms with Gasteiger partial charge in [-0.3, -0.25) is 0 Å². The first-order valence-corrected chi connectivity index (χ1v) is 11.4. The molecule has 0 aromatic heterocycles. The number of sulfonamides is 1. The van der Waals surface area contributed by atoms with Gasteiger partial charge in [-0.1, -0.05) is 19.3 Å². The highest BCUT2D eigenvalue weighted by atomic mass is 127. The molecular formula is C15H21F8IN2O3S. The molecule has 1 rings (SSSR count). The number of rotatable bonds is 9. The average Bonchev–Trinajstić information content (AvgIpc) is 2.60. The Labute approximate surface area is 182 Å². The molecule has 1 aliphatic rings. The molecule has 0 heterocycles. The summed E-state index contributed by atoms with van der Waals surface area (Å²) in [5, 5.41) is -6.33. The van der Waals surface area contributed by atoms with Crippen molar-refractivity contribution >= 4 is 38.4 Å². The lowest BCUT2D eigenvalue weighted by Gasteiger charge is -2.33. The topological polar surface area (TPSA) is 59.0 Å². The number of hydrogen-bond donors (Lipinski definition) is 0. The maximum absolute atomic E-state index is 14.1. The normalized spacial score (nSPS) is 18.6. The van der Waals surface area contributed by atoms with E-state index in [2.05, 4.69) is 9.13 Å². The van der Waals surface area contributed by atoms with Crippen molar-refractivity contribution in [3.8, 4) is 0 Å². The van der Waals surface area contributed by atoms with Crippen LogP contribution >= 0.6 is 22.6 Å². The second kappa shape index (κ2) is 9.58. The summed E-state index contributed by atoms with van der Waals surface area (Å²) < 4.78 is 131. The van der Waals surface area contributed by atoms with Crippen molar-refractivity contribution < 1.29 is 48.3 Å².